The van der Waals surface area contributed by atoms with Crippen LogP contribution in [0.3, 0.4) is 0 Å². The minimum Gasteiger partial charge on any atom is -0.352 e. The summed E-state index contributed by atoms with van der Waals surface area (Å²) >= 11 is 12.0. The van der Waals surface area contributed by atoms with Crippen molar-refractivity contribution in [3.05, 3.63) is 40.0 Å². The van der Waals surface area contributed by atoms with E-state index in [0.717, 1.165) is 11.4 Å². The van der Waals surface area contributed by atoms with E-state index < -0.39 is 0 Å². The minimum atomic E-state index is -0.0789. The fourth-order valence-electron chi connectivity index (χ4n) is 1.94. The molecule has 23 heavy (non-hydrogen) atoms. The third-order valence-electron chi connectivity index (χ3n) is 3.10. The third kappa shape index (κ3) is 4.98. The lowest BCUT2D eigenvalue weighted by atomic mass is 9.92. The molecule has 0 spiro atoms. The highest BCUT2D eigenvalue weighted by Crippen LogP contribution is 2.28. The van der Waals surface area contributed by atoms with Crippen molar-refractivity contribution >= 4 is 40.7 Å². The van der Waals surface area contributed by atoms with Crippen molar-refractivity contribution in [3.63, 3.8) is 0 Å². The SMILES string of the molecule is CC(C)Nc1nc(Nc2ccc(Cl)c(Cl)c2)cc(C(C)(C)C)n1. The van der Waals surface area contributed by atoms with Gasteiger partial charge >= 0.3 is 0 Å². The average molecular weight is 353 g/mol. The van der Waals surface area contributed by atoms with E-state index in [-0.39, 0.29) is 11.5 Å². The fraction of sp³-hybridized carbons (Fsp3) is 0.412. The highest BCUT2D eigenvalue weighted by atomic mass is 35.5. The first-order valence-corrected chi connectivity index (χ1v) is 8.29. The van der Waals surface area contributed by atoms with Gasteiger partial charge in [0.15, 0.2) is 0 Å². The van der Waals surface area contributed by atoms with Gasteiger partial charge < -0.3 is 10.6 Å². The minimum absolute atomic E-state index is 0.0789. The molecule has 0 aliphatic heterocycles. The van der Waals surface area contributed by atoms with Crippen molar-refractivity contribution in [1.82, 2.24) is 9.97 Å². The Morgan fingerprint density at radius 1 is 1.00 bits per heavy atom. The van der Waals surface area contributed by atoms with Gasteiger partial charge in [-0.1, -0.05) is 44.0 Å². The maximum Gasteiger partial charge on any atom is 0.225 e. The van der Waals surface area contributed by atoms with Crippen LogP contribution in [0.15, 0.2) is 24.3 Å². The van der Waals surface area contributed by atoms with Gasteiger partial charge in [-0.05, 0) is 32.0 Å². The van der Waals surface area contributed by atoms with Gasteiger partial charge in [-0.3, -0.25) is 0 Å². The molecule has 0 aliphatic carbocycles. The predicted molar refractivity (Wildman–Crippen MR) is 99.2 cm³/mol. The summed E-state index contributed by atoms with van der Waals surface area (Å²) in [5, 5.41) is 7.55. The molecule has 2 aromatic rings. The first kappa shape index (κ1) is 17.8. The van der Waals surface area contributed by atoms with Crippen LogP contribution < -0.4 is 10.6 Å². The number of rotatable bonds is 4. The summed E-state index contributed by atoms with van der Waals surface area (Å²) in [6, 6.07) is 7.60. The molecule has 0 fully saturated rings. The molecule has 2 N–H and O–H groups in total. The summed E-state index contributed by atoms with van der Waals surface area (Å²) in [5.41, 5.74) is 1.71. The lowest BCUT2D eigenvalue weighted by Crippen LogP contribution is -2.19. The highest BCUT2D eigenvalue weighted by Gasteiger charge is 2.18. The fourth-order valence-corrected chi connectivity index (χ4v) is 2.24. The van der Waals surface area contributed by atoms with Crippen LogP contribution in [0, 0.1) is 0 Å². The summed E-state index contributed by atoms with van der Waals surface area (Å²) in [6.07, 6.45) is 0. The zero-order valence-corrected chi connectivity index (χ0v) is 15.5. The van der Waals surface area contributed by atoms with Crippen molar-refractivity contribution in [1.29, 1.82) is 0 Å². The van der Waals surface area contributed by atoms with E-state index in [9.17, 15) is 0 Å². The molecule has 0 saturated heterocycles. The van der Waals surface area contributed by atoms with Gasteiger partial charge in [0, 0.05) is 23.2 Å². The van der Waals surface area contributed by atoms with Crippen LogP contribution in [-0.4, -0.2) is 16.0 Å². The predicted octanol–water partition coefficient (Wildman–Crippen LogP) is 5.64. The van der Waals surface area contributed by atoms with Crippen molar-refractivity contribution in [3.8, 4) is 0 Å². The van der Waals surface area contributed by atoms with Crippen LogP contribution in [0.1, 0.15) is 40.3 Å². The standard InChI is InChI=1S/C17H22Cl2N4/c1-10(2)20-16-22-14(17(3,4)5)9-15(23-16)21-11-6-7-12(18)13(19)8-11/h6-10H,1-5H3,(H2,20,21,22,23). The van der Waals surface area contributed by atoms with Gasteiger partial charge in [-0.25, -0.2) is 4.98 Å². The first-order chi connectivity index (χ1) is 10.6. The van der Waals surface area contributed by atoms with Gasteiger partial charge in [-0.15, -0.1) is 0 Å². The molecule has 0 bridgehead atoms. The second-order valence-corrected chi connectivity index (χ2v) is 7.58. The summed E-state index contributed by atoms with van der Waals surface area (Å²) in [7, 11) is 0. The van der Waals surface area contributed by atoms with E-state index in [1.165, 1.54) is 0 Å². The molecule has 1 heterocycles. The van der Waals surface area contributed by atoms with E-state index >= 15 is 0 Å². The van der Waals surface area contributed by atoms with Crippen LogP contribution in [0.2, 0.25) is 10.0 Å². The Morgan fingerprint density at radius 2 is 1.70 bits per heavy atom. The molecular formula is C17H22Cl2N4. The molecule has 0 amide bonds. The number of nitrogens with zero attached hydrogens (tertiary/aromatic N) is 2. The van der Waals surface area contributed by atoms with E-state index in [4.69, 9.17) is 23.2 Å². The summed E-state index contributed by atoms with van der Waals surface area (Å²) in [6.45, 7) is 10.5. The van der Waals surface area contributed by atoms with Gasteiger partial charge in [0.25, 0.3) is 0 Å². The number of halogens is 2. The molecule has 1 aromatic carbocycles. The quantitative estimate of drug-likeness (QED) is 0.746. The Balaban J connectivity index is 2.37. The van der Waals surface area contributed by atoms with Gasteiger partial charge in [-0.2, -0.15) is 4.98 Å². The summed E-state index contributed by atoms with van der Waals surface area (Å²) < 4.78 is 0. The molecule has 124 valence electrons. The van der Waals surface area contributed by atoms with Crippen LogP contribution in [-0.2, 0) is 5.41 Å². The van der Waals surface area contributed by atoms with Crippen molar-refractivity contribution in [2.45, 2.75) is 46.1 Å². The lowest BCUT2D eigenvalue weighted by Gasteiger charge is -2.20. The normalized spacial score (nSPS) is 11.7. The van der Waals surface area contributed by atoms with E-state index in [2.05, 4.69) is 55.2 Å². The van der Waals surface area contributed by atoms with Gasteiger partial charge in [0.1, 0.15) is 5.82 Å². The molecule has 2 rings (SSSR count). The monoisotopic (exact) mass is 352 g/mol. The number of hydrogen-bond acceptors (Lipinski definition) is 4. The lowest BCUT2D eigenvalue weighted by molar-refractivity contribution is 0.567. The van der Waals surface area contributed by atoms with E-state index in [1.54, 1.807) is 12.1 Å². The molecule has 0 atom stereocenters. The van der Waals surface area contributed by atoms with Gasteiger partial charge in [0.05, 0.1) is 15.7 Å². The van der Waals surface area contributed by atoms with Crippen LogP contribution in [0.5, 0.6) is 0 Å². The second-order valence-electron chi connectivity index (χ2n) is 6.76. The molecule has 0 saturated carbocycles. The smallest absolute Gasteiger partial charge is 0.225 e. The molecule has 6 heteroatoms. The Kier molecular flexibility index (Phi) is 5.37. The van der Waals surface area contributed by atoms with Crippen LogP contribution in [0.25, 0.3) is 0 Å². The van der Waals surface area contributed by atoms with Crippen LogP contribution >= 0.6 is 23.2 Å². The summed E-state index contributed by atoms with van der Waals surface area (Å²) in [4.78, 5) is 9.13. The number of anilines is 3. The maximum absolute atomic E-state index is 6.07. The van der Waals surface area contributed by atoms with E-state index in [0.29, 0.717) is 21.8 Å². The largest absolute Gasteiger partial charge is 0.352 e. The Hall–Kier alpha value is -1.52. The molecule has 0 aliphatic rings. The number of nitrogens with one attached hydrogen (secondary N) is 2. The van der Waals surface area contributed by atoms with Crippen molar-refractivity contribution in [2.24, 2.45) is 0 Å². The Labute approximate surface area is 147 Å². The third-order valence-corrected chi connectivity index (χ3v) is 3.84. The molecule has 0 radical (unpaired) electrons. The number of hydrogen-bond donors (Lipinski definition) is 2. The Morgan fingerprint density at radius 3 is 2.26 bits per heavy atom. The zero-order chi connectivity index (χ0) is 17.2. The average Bonchev–Trinajstić information content (AvgIpc) is 2.41. The van der Waals surface area contributed by atoms with Crippen molar-refractivity contribution in [2.75, 3.05) is 10.6 Å². The first-order valence-electron chi connectivity index (χ1n) is 7.53. The molecule has 4 nitrogen and oxygen atoms in total. The maximum atomic E-state index is 6.07. The molecule has 0 unspecified atom stereocenters. The highest BCUT2D eigenvalue weighted by molar-refractivity contribution is 6.42. The topological polar surface area (TPSA) is 49.8 Å². The Bertz CT molecular complexity index is 693. The number of aromatic nitrogens is 2. The van der Waals surface area contributed by atoms with Gasteiger partial charge in [0.2, 0.25) is 5.95 Å². The molecular weight excluding hydrogens is 331 g/mol. The molecule has 1 aromatic heterocycles. The van der Waals surface area contributed by atoms with Crippen molar-refractivity contribution < 1.29 is 0 Å². The van der Waals surface area contributed by atoms with Crippen LogP contribution in [0.4, 0.5) is 17.5 Å². The van der Waals surface area contributed by atoms with E-state index in [1.807, 2.05) is 12.1 Å². The second kappa shape index (κ2) is 6.93. The number of benzene rings is 1. The zero-order valence-electron chi connectivity index (χ0n) is 14.0. The summed E-state index contributed by atoms with van der Waals surface area (Å²) in [5.74, 6) is 1.32.